The van der Waals surface area contributed by atoms with Gasteiger partial charge in [0.05, 0.1) is 19.2 Å². The largest absolute Gasteiger partial charge is 0.496 e. The summed E-state index contributed by atoms with van der Waals surface area (Å²) >= 11 is 6.37. The lowest BCUT2D eigenvalue weighted by atomic mass is 10.0. The van der Waals surface area contributed by atoms with Crippen molar-refractivity contribution in [2.24, 2.45) is 5.73 Å². The van der Waals surface area contributed by atoms with Crippen molar-refractivity contribution in [1.82, 2.24) is 0 Å². The second kappa shape index (κ2) is 6.72. The number of ether oxygens (including phenoxy) is 2. The molecular weight excluding hydrogens is 238 g/mol. The summed E-state index contributed by atoms with van der Waals surface area (Å²) in [5, 5.41) is 0.650. The molecule has 0 radical (unpaired) electrons. The van der Waals surface area contributed by atoms with Crippen LogP contribution in [-0.4, -0.2) is 20.8 Å². The average molecular weight is 258 g/mol. The molecule has 0 heterocycles. The smallest absolute Gasteiger partial charge is 0.141 e. The third-order valence-electron chi connectivity index (χ3n) is 2.70. The molecule has 1 aromatic carbocycles. The molecule has 2 N–H and O–H groups in total. The number of rotatable bonds is 6. The summed E-state index contributed by atoms with van der Waals surface area (Å²) in [4.78, 5) is 0. The normalized spacial score (nSPS) is 10.4. The molecule has 1 rings (SSSR count). The van der Waals surface area contributed by atoms with Crippen LogP contribution in [0.15, 0.2) is 6.07 Å². The molecule has 0 aliphatic carbocycles. The molecule has 0 spiro atoms. The van der Waals surface area contributed by atoms with Crippen molar-refractivity contribution >= 4 is 11.6 Å². The Morgan fingerprint density at radius 1 is 1.24 bits per heavy atom. The summed E-state index contributed by atoms with van der Waals surface area (Å²) in [5.41, 5.74) is 7.59. The van der Waals surface area contributed by atoms with Gasteiger partial charge in [0, 0.05) is 11.1 Å². The van der Waals surface area contributed by atoms with Crippen molar-refractivity contribution in [3.8, 4) is 11.5 Å². The third-order valence-corrected chi connectivity index (χ3v) is 3.10. The first kappa shape index (κ1) is 14.1. The monoisotopic (exact) mass is 257 g/mol. The first-order valence-electron chi connectivity index (χ1n) is 5.81. The molecule has 0 atom stereocenters. The summed E-state index contributed by atoms with van der Waals surface area (Å²) in [5.74, 6) is 1.54. The molecule has 96 valence electrons. The fourth-order valence-corrected chi connectivity index (χ4v) is 2.31. The van der Waals surface area contributed by atoms with E-state index in [1.54, 1.807) is 14.2 Å². The van der Waals surface area contributed by atoms with Gasteiger partial charge in [-0.25, -0.2) is 0 Å². The van der Waals surface area contributed by atoms with Crippen molar-refractivity contribution in [3.63, 3.8) is 0 Å². The fraction of sp³-hybridized carbons (Fsp3) is 0.538. The van der Waals surface area contributed by atoms with E-state index < -0.39 is 0 Å². The van der Waals surface area contributed by atoms with Crippen molar-refractivity contribution < 1.29 is 9.47 Å². The molecule has 1 aromatic rings. The van der Waals surface area contributed by atoms with Crippen molar-refractivity contribution in [2.75, 3.05) is 20.8 Å². The molecular formula is C13H20ClNO2. The Bertz CT molecular complexity index is 380. The van der Waals surface area contributed by atoms with Crippen LogP contribution in [0.3, 0.4) is 0 Å². The Balaban J connectivity index is 3.32. The van der Waals surface area contributed by atoms with Gasteiger partial charge in [0.15, 0.2) is 0 Å². The highest BCUT2D eigenvalue weighted by Gasteiger charge is 2.17. The molecule has 0 saturated heterocycles. The van der Waals surface area contributed by atoms with Gasteiger partial charge in [-0.15, -0.1) is 0 Å². The lowest BCUT2D eigenvalue weighted by Gasteiger charge is -2.17. The van der Waals surface area contributed by atoms with Crippen LogP contribution < -0.4 is 15.2 Å². The zero-order chi connectivity index (χ0) is 12.8. The molecule has 17 heavy (non-hydrogen) atoms. The van der Waals surface area contributed by atoms with Gasteiger partial charge in [-0.05, 0) is 25.5 Å². The van der Waals surface area contributed by atoms with Gasteiger partial charge < -0.3 is 15.2 Å². The second-order valence-electron chi connectivity index (χ2n) is 3.85. The van der Waals surface area contributed by atoms with Crippen LogP contribution in [0.5, 0.6) is 11.5 Å². The van der Waals surface area contributed by atoms with Crippen LogP contribution in [0.1, 0.15) is 24.5 Å². The van der Waals surface area contributed by atoms with E-state index in [1.165, 1.54) is 0 Å². The van der Waals surface area contributed by atoms with Crippen molar-refractivity contribution in [1.29, 1.82) is 0 Å². The van der Waals surface area contributed by atoms with E-state index in [-0.39, 0.29) is 0 Å². The fourth-order valence-electron chi connectivity index (χ4n) is 1.92. The minimum absolute atomic E-state index is 0.558. The summed E-state index contributed by atoms with van der Waals surface area (Å²) in [7, 11) is 3.28. The number of benzene rings is 1. The van der Waals surface area contributed by atoms with Crippen LogP contribution in [0.25, 0.3) is 0 Å². The molecule has 0 aromatic heterocycles. The number of hydrogen-bond acceptors (Lipinski definition) is 3. The minimum Gasteiger partial charge on any atom is -0.496 e. The lowest BCUT2D eigenvalue weighted by Crippen LogP contribution is -2.06. The standard InChI is InChI=1S/C13H20ClNO2/c1-4-5-10-11(16-2)8-9(6-7-15)13(17-3)12(10)14/h8H,4-7,15H2,1-3H3. The first-order chi connectivity index (χ1) is 8.19. The van der Waals surface area contributed by atoms with Crippen molar-refractivity contribution in [2.45, 2.75) is 26.2 Å². The van der Waals surface area contributed by atoms with E-state index >= 15 is 0 Å². The molecule has 0 bridgehead atoms. The maximum absolute atomic E-state index is 6.37. The molecule has 0 unspecified atom stereocenters. The number of methoxy groups -OCH3 is 2. The van der Waals surface area contributed by atoms with E-state index in [4.69, 9.17) is 26.8 Å². The summed E-state index contributed by atoms with van der Waals surface area (Å²) in [6.07, 6.45) is 2.61. The molecule has 3 nitrogen and oxygen atoms in total. The second-order valence-corrected chi connectivity index (χ2v) is 4.23. The van der Waals surface area contributed by atoms with Gasteiger partial charge in [-0.2, -0.15) is 0 Å². The SMILES string of the molecule is CCCc1c(OC)cc(CCN)c(OC)c1Cl. The zero-order valence-corrected chi connectivity index (χ0v) is 11.4. The Morgan fingerprint density at radius 2 is 1.94 bits per heavy atom. The van der Waals surface area contributed by atoms with Crippen LogP contribution in [-0.2, 0) is 12.8 Å². The molecule has 0 saturated carbocycles. The zero-order valence-electron chi connectivity index (χ0n) is 10.7. The van der Waals surface area contributed by atoms with Gasteiger partial charge in [0.1, 0.15) is 11.5 Å². The van der Waals surface area contributed by atoms with Gasteiger partial charge in [-0.1, -0.05) is 24.9 Å². The third kappa shape index (κ3) is 3.05. The Labute approximate surface area is 108 Å². The maximum Gasteiger partial charge on any atom is 0.141 e. The van der Waals surface area contributed by atoms with E-state index in [0.717, 1.165) is 41.9 Å². The molecule has 0 amide bonds. The predicted molar refractivity (Wildman–Crippen MR) is 71.3 cm³/mol. The Hall–Kier alpha value is -0.930. The quantitative estimate of drug-likeness (QED) is 0.852. The van der Waals surface area contributed by atoms with Crippen LogP contribution >= 0.6 is 11.6 Å². The van der Waals surface area contributed by atoms with Crippen LogP contribution in [0.4, 0.5) is 0 Å². The summed E-state index contributed by atoms with van der Waals surface area (Å²) in [6.45, 7) is 2.67. The molecule has 0 fully saturated rings. The summed E-state index contributed by atoms with van der Waals surface area (Å²) in [6, 6.07) is 1.97. The number of hydrogen-bond donors (Lipinski definition) is 1. The van der Waals surface area contributed by atoms with Gasteiger partial charge in [-0.3, -0.25) is 0 Å². The van der Waals surface area contributed by atoms with Gasteiger partial charge in [0.2, 0.25) is 0 Å². The Kier molecular flexibility index (Phi) is 5.59. The van der Waals surface area contributed by atoms with E-state index in [2.05, 4.69) is 6.92 Å². The lowest BCUT2D eigenvalue weighted by molar-refractivity contribution is 0.395. The van der Waals surface area contributed by atoms with E-state index in [0.29, 0.717) is 11.6 Å². The Morgan fingerprint density at radius 3 is 2.41 bits per heavy atom. The predicted octanol–water partition coefficient (Wildman–Crippen LogP) is 2.81. The van der Waals surface area contributed by atoms with Crippen LogP contribution in [0.2, 0.25) is 5.02 Å². The highest BCUT2D eigenvalue weighted by atomic mass is 35.5. The molecule has 4 heteroatoms. The highest BCUT2D eigenvalue weighted by Crippen LogP contribution is 2.39. The minimum atomic E-state index is 0.558. The number of nitrogens with two attached hydrogens (primary N) is 1. The average Bonchev–Trinajstić information content (AvgIpc) is 2.33. The summed E-state index contributed by atoms with van der Waals surface area (Å²) < 4.78 is 10.8. The first-order valence-corrected chi connectivity index (χ1v) is 6.19. The highest BCUT2D eigenvalue weighted by molar-refractivity contribution is 6.33. The van der Waals surface area contributed by atoms with Crippen LogP contribution in [0, 0.1) is 0 Å². The topological polar surface area (TPSA) is 44.5 Å². The molecule has 0 aliphatic rings. The van der Waals surface area contributed by atoms with Gasteiger partial charge in [0.25, 0.3) is 0 Å². The number of halogens is 1. The van der Waals surface area contributed by atoms with E-state index in [1.807, 2.05) is 6.07 Å². The molecule has 0 aliphatic heterocycles. The maximum atomic E-state index is 6.37. The van der Waals surface area contributed by atoms with E-state index in [9.17, 15) is 0 Å². The van der Waals surface area contributed by atoms with Gasteiger partial charge >= 0.3 is 0 Å². The van der Waals surface area contributed by atoms with Crippen molar-refractivity contribution in [3.05, 3.63) is 22.2 Å².